The fourth-order valence-corrected chi connectivity index (χ4v) is 5.41. The minimum atomic E-state index is 0.109. The smallest absolute Gasteiger partial charge is 0.224 e. The third kappa shape index (κ3) is 4.19. The highest BCUT2D eigenvalue weighted by molar-refractivity contribution is 8.77. The van der Waals surface area contributed by atoms with Crippen molar-refractivity contribution in [2.75, 3.05) is 11.1 Å². The molecule has 0 radical (unpaired) electrons. The van der Waals surface area contributed by atoms with Crippen LogP contribution in [0.4, 0.5) is 5.69 Å². The third-order valence-corrected chi connectivity index (χ3v) is 6.69. The summed E-state index contributed by atoms with van der Waals surface area (Å²) in [6.07, 6.45) is 5.31. The summed E-state index contributed by atoms with van der Waals surface area (Å²) in [6.45, 7) is 3.90. The van der Waals surface area contributed by atoms with Crippen LogP contribution in [0.2, 0.25) is 0 Å². The van der Waals surface area contributed by atoms with E-state index in [4.69, 9.17) is 0 Å². The van der Waals surface area contributed by atoms with E-state index in [1.54, 1.807) is 4.68 Å². The lowest BCUT2D eigenvalue weighted by atomic mass is 10.1. The van der Waals surface area contributed by atoms with Gasteiger partial charge in [0.1, 0.15) is 0 Å². The van der Waals surface area contributed by atoms with Crippen molar-refractivity contribution in [3.8, 4) is 0 Å². The molecule has 20 heavy (non-hydrogen) atoms. The van der Waals surface area contributed by atoms with Gasteiger partial charge in [-0.05, 0) is 33.1 Å². The summed E-state index contributed by atoms with van der Waals surface area (Å²) >= 11 is 0. The first-order chi connectivity index (χ1) is 9.58. The zero-order valence-electron chi connectivity index (χ0n) is 12.4. The summed E-state index contributed by atoms with van der Waals surface area (Å²) in [6, 6.07) is 0. The van der Waals surface area contributed by atoms with E-state index in [0.29, 0.717) is 6.42 Å². The van der Waals surface area contributed by atoms with E-state index < -0.39 is 0 Å². The molecule has 0 spiro atoms. The molecule has 0 bridgehead atoms. The van der Waals surface area contributed by atoms with E-state index in [2.05, 4.69) is 10.4 Å². The van der Waals surface area contributed by atoms with Crippen LogP contribution < -0.4 is 5.32 Å². The van der Waals surface area contributed by atoms with Crippen molar-refractivity contribution in [3.63, 3.8) is 0 Å². The first-order valence-electron chi connectivity index (χ1n) is 7.16. The summed E-state index contributed by atoms with van der Waals surface area (Å²) in [4.78, 5) is 12.0. The van der Waals surface area contributed by atoms with Gasteiger partial charge in [0.2, 0.25) is 5.91 Å². The predicted molar refractivity (Wildman–Crippen MR) is 88.2 cm³/mol. The number of hydrogen-bond acceptors (Lipinski definition) is 4. The van der Waals surface area contributed by atoms with Gasteiger partial charge >= 0.3 is 0 Å². The Hall–Kier alpha value is -0.620. The second-order valence-corrected chi connectivity index (χ2v) is 8.08. The van der Waals surface area contributed by atoms with Crippen LogP contribution in [0.25, 0.3) is 0 Å². The molecule has 1 aromatic rings. The molecule has 1 fully saturated rings. The van der Waals surface area contributed by atoms with Crippen LogP contribution in [0.15, 0.2) is 0 Å². The Labute approximate surface area is 128 Å². The number of hydrogen-bond donors (Lipinski definition) is 1. The Balaban J connectivity index is 1.69. The molecular weight excluding hydrogens is 290 g/mol. The Bertz CT molecular complexity index is 467. The lowest BCUT2D eigenvalue weighted by molar-refractivity contribution is -0.116. The molecule has 1 atom stereocenters. The number of aryl methyl sites for hydroxylation is 2. The third-order valence-electron chi connectivity index (χ3n) is 3.68. The Morgan fingerprint density at radius 1 is 1.45 bits per heavy atom. The van der Waals surface area contributed by atoms with E-state index in [1.807, 2.05) is 42.5 Å². The maximum absolute atomic E-state index is 12.0. The minimum absolute atomic E-state index is 0.109. The topological polar surface area (TPSA) is 46.9 Å². The van der Waals surface area contributed by atoms with Gasteiger partial charge in [0, 0.05) is 24.5 Å². The van der Waals surface area contributed by atoms with Gasteiger partial charge in [-0.1, -0.05) is 28.0 Å². The second-order valence-electron chi connectivity index (χ2n) is 5.29. The summed E-state index contributed by atoms with van der Waals surface area (Å²) in [5.74, 6) is 1.40. The van der Waals surface area contributed by atoms with Crippen LogP contribution in [0.3, 0.4) is 0 Å². The minimum Gasteiger partial charge on any atom is -0.323 e. The average Bonchev–Trinajstić information content (AvgIpc) is 3.00. The van der Waals surface area contributed by atoms with Crippen molar-refractivity contribution in [1.82, 2.24) is 9.78 Å². The van der Waals surface area contributed by atoms with Crippen molar-refractivity contribution in [2.24, 2.45) is 7.05 Å². The van der Waals surface area contributed by atoms with Gasteiger partial charge in [-0.15, -0.1) is 0 Å². The number of rotatable bonds is 6. The van der Waals surface area contributed by atoms with Gasteiger partial charge in [-0.3, -0.25) is 9.48 Å². The Morgan fingerprint density at radius 2 is 2.25 bits per heavy atom. The fraction of sp³-hybridized carbons (Fsp3) is 0.714. The second kappa shape index (κ2) is 7.41. The number of anilines is 1. The molecule has 2 rings (SSSR count). The summed E-state index contributed by atoms with van der Waals surface area (Å²) in [5.41, 5.74) is 2.77. The highest BCUT2D eigenvalue weighted by Crippen LogP contribution is 2.39. The zero-order chi connectivity index (χ0) is 14.5. The maximum atomic E-state index is 12.0. The van der Waals surface area contributed by atoms with Crippen LogP contribution >= 0.6 is 21.6 Å². The van der Waals surface area contributed by atoms with E-state index in [1.165, 1.54) is 18.6 Å². The monoisotopic (exact) mass is 313 g/mol. The quantitative estimate of drug-likeness (QED) is 0.643. The van der Waals surface area contributed by atoms with Crippen LogP contribution in [0.1, 0.15) is 43.5 Å². The molecule has 0 unspecified atom stereocenters. The van der Waals surface area contributed by atoms with E-state index in [0.717, 1.165) is 35.2 Å². The number of unbranched alkanes of at least 4 members (excludes halogenated alkanes) is 1. The highest BCUT2D eigenvalue weighted by Gasteiger charge is 2.16. The Morgan fingerprint density at radius 3 is 2.85 bits per heavy atom. The molecule has 1 N–H and O–H groups in total. The normalized spacial score (nSPS) is 18.4. The number of carbonyl (C=O) groups is 1. The molecule has 1 aromatic heterocycles. The van der Waals surface area contributed by atoms with Crippen molar-refractivity contribution >= 4 is 33.2 Å². The van der Waals surface area contributed by atoms with Gasteiger partial charge in [-0.25, -0.2) is 0 Å². The highest BCUT2D eigenvalue weighted by atomic mass is 33.1. The molecule has 1 aliphatic rings. The number of nitrogens with zero attached hydrogens (tertiary/aromatic N) is 2. The molecule has 1 saturated heterocycles. The largest absolute Gasteiger partial charge is 0.323 e. The van der Waals surface area contributed by atoms with E-state index >= 15 is 0 Å². The van der Waals surface area contributed by atoms with E-state index in [9.17, 15) is 4.79 Å². The summed E-state index contributed by atoms with van der Waals surface area (Å²) in [7, 11) is 5.90. The molecule has 2 heterocycles. The molecule has 4 nitrogen and oxygen atoms in total. The van der Waals surface area contributed by atoms with Crippen LogP contribution in [-0.4, -0.2) is 26.7 Å². The summed E-state index contributed by atoms with van der Waals surface area (Å²) in [5, 5.41) is 8.12. The van der Waals surface area contributed by atoms with Crippen LogP contribution in [0, 0.1) is 13.8 Å². The van der Waals surface area contributed by atoms with Crippen molar-refractivity contribution < 1.29 is 4.79 Å². The number of carbonyl (C=O) groups excluding carboxylic acids is 1. The van der Waals surface area contributed by atoms with Gasteiger partial charge in [0.25, 0.3) is 0 Å². The van der Waals surface area contributed by atoms with Crippen molar-refractivity contribution in [1.29, 1.82) is 0 Å². The van der Waals surface area contributed by atoms with Crippen LogP contribution in [-0.2, 0) is 11.8 Å². The van der Waals surface area contributed by atoms with Crippen LogP contribution in [0.5, 0.6) is 0 Å². The number of nitrogens with one attached hydrogen (secondary N) is 1. The predicted octanol–water partition coefficient (Wildman–Crippen LogP) is 3.69. The first-order valence-corrected chi connectivity index (χ1v) is 9.54. The Kier molecular flexibility index (Phi) is 5.84. The SMILES string of the molecule is Cc1nn(C)c(C)c1NC(=O)CCCC[C@H]1CCSS1. The molecule has 6 heteroatoms. The standard InChI is InChI=1S/C14H23N3OS2/c1-10-14(11(2)17(3)16-10)15-13(18)7-5-4-6-12-8-9-19-20-12/h12H,4-9H2,1-3H3,(H,15,18)/t12-/m0/s1. The van der Waals surface area contributed by atoms with Crippen molar-refractivity contribution in [3.05, 3.63) is 11.4 Å². The molecule has 112 valence electrons. The molecule has 1 aliphatic heterocycles. The zero-order valence-corrected chi connectivity index (χ0v) is 14.1. The maximum Gasteiger partial charge on any atom is 0.224 e. The number of amides is 1. The molecule has 0 aromatic carbocycles. The molecule has 0 saturated carbocycles. The lowest BCUT2D eigenvalue weighted by Gasteiger charge is -2.08. The van der Waals surface area contributed by atoms with Gasteiger partial charge in [-0.2, -0.15) is 5.10 Å². The molecule has 0 aliphatic carbocycles. The fourth-order valence-electron chi connectivity index (χ4n) is 2.38. The molecular formula is C14H23N3OS2. The van der Waals surface area contributed by atoms with Gasteiger partial charge in [0.05, 0.1) is 17.1 Å². The summed E-state index contributed by atoms with van der Waals surface area (Å²) < 4.78 is 1.81. The number of aromatic nitrogens is 2. The van der Waals surface area contributed by atoms with Gasteiger partial charge < -0.3 is 5.32 Å². The van der Waals surface area contributed by atoms with Gasteiger partial charge in [0.15, 0.2) is 0 Å². The van der Waals surface area contributed by atoms with E-state index in [-0.39, 0.29) is 5.91 Å². The average molecular weight is 313 g/mol. The molecule has 1 amide bonds. The first kappa shape index (κ1) is 15.8. The lowest BCUT2D eigenvalue weighted by Crippen LogP contribution is -2.12. The van der Waals surface area contributed by atoms with Crippen molar-refractivity contribution in [2.45, 2.75) is 51.2 Å².